The average molecular weight is 277 g/mol. The predicted molar refractivity (Wildman–Crippen MR) is 79.4 cm³/mol. The van der Waals surface area contributed by atoms with Crippen LogP contribution in [0, 0.1) is 12.7 Å². The number of likely N-dealkylation sites (N-methyl/N-ethyl adjacent to an activating group) is 1. The molecule has 0 saturated carbocycles. The molecule has 2 unspecified atom stereocenters. The normalized spacial score (nSPS) is 30.4. The van der Waals surface area contributed by atoms with Crippen LogP contribution in [-0.4, -0.2) is 55.1 Å². The molecule has 20 heavy (non-hydrogen) atoms. The Bertz CT molecular complexity index is 469. The number of nitrogens with zero attached hydrogens (tertiary/aromatic N) is 2. The summed E-state index contributed by atoms with van der Waals surface area (Å²) in [5.74, 6) is -0.113. The Hall–Kier alpha value is -0.970. The summed E-state index contributed by atoms with van der Waals surface area (Å²) in [6.45, 7) is 10.7. The lowest BCUT2D eigenvalue weighted by Gasteiger charge is -2.50. The minimum atomic E-state index is -0.113. The second kappa shape index (κ2) is 5.80. The highest BCUT2D eigenvalue weighted by Crippen LogP contribution is 2.28. The molecule has 3 aliphatic heterocycles. The number of nitrogens with one attached hydrogen (secondary N) is 1. The molecule has 0 aliphatic carbocycles. The Balaban J connectivity index is 1.86. The number of rotatable bonds is 4. The number of hydrogen-bond donors (Lipinski definition) is 1. The SMILES string of the molecule is CCNC(c1ccc(F)c(C)c1)C1CN2CCN1CC2. The molecule has 3 nitrogen and oxygen atoms in total. The molecule has 3 fully saturated rings. The summed E-state index contributed by atoms with van der Waals surface area (Å²) in [6, 6.07) is 6.34. The summed E-state index contributed by atoms with van der Waals surface area (Å²) in [5.41, 5.74) is 1.95. The van der Waals surface area contributed by atoms with Crippen LogP contribution in [0.25, 0.3) is 0 Å². The third-order valence-electron chi connectivity index (χ3n) is 4.67. The van der Waals surface area contributed by atoms with Gasteiger partial charge in [-0.15, -0.1) is 0 Å². The Morgan fingerprint density at radius 1 is 1.30 bits per heavy atom. The van der Waals surface area contributed by atoms with Crippen LogP contribution < -0.4 is 5.32 Å². The summed E-state index contributed by atoms with van der Waals surface area (Å²) >= 11 is 0. The Morgan fingerprint density at radius 3 is 2.60 bits per heavy atom. The summed E-state index contributed by atoms with van der Waals surface area (Å²) in [4.78, 5) is 5.14. The molecule has 0 spiro atoms. The first kappa shape index (κ1) is 14.0. The van der Waals surface area contributed by atoms with Gasteiger partial charge in [0.2, 0.25) is 0 Å². The summed E-state index contributed by atoms with van der Waals surface area (Å²) in [5, 5.41) is 3.61. The van der Waals surface area contributed by atoms with Gasteiger partial charge in [0.05, 0.1) is 0 Å². The van der Waals surface area contributed by atoms with Gasteiger partial charge in [-0.25, -0.2) is 4.39 Å². The van der Waals surface area contributed by atoms with Crippen LogP contribution in [0.15, 0.2) is 18.2 Å². The van der Waals surface area contributed by atoms with E-state index in [1.165, 1.54) is 18.7 Å². The summed E-state index contributed by atoms with van der Waals surface area (Å²) in [6.07, 6.45) is 0. The van der Waals surface area contributed by atoms with Crippen molar-refractivity contribution < 1.29 is 4.39 Å². The van der Waals surface area contributed by atoms with Crippen LogP contribution in [0.1, 0.15) is 24.1 Å². The number of fused-ring (bicyclic) bond motifs is 3. The van der Waals surface area contributed by atoms with Crippen molar-refractivity contribution in [3.63, 3.8) is 0 Å². The van der Waals surface area contributed by atoms with Crippen molar-refractivity contribution in [1.82, 2.24) is 15.1 Å². The number of benzene rings is 1. The van der Waals surface area contributed by atoms with Gasteiger partial charge in [0.1, 0.15) is 5.82 Å². The fraction of sp³-hybridized carbons (Fsp3) is 0.625. The zero-order valence-corrected chi connectivity index (χ0v) is 12.4. The van der Waals surface area contributed by atoms with Gasteiger partial charge in [-0.1, -0.05) is 19.1 Å². The van der Waals surface area contributed by atoms with Crippen molar-refractivity contribution in [2.45, 2.75) is 25.9 Å². The standard InChI is InChI=1S/C16H24FN3/c1-3-18-16(13-4-5-14(17)12(2)10-13)15-11-19-6-8-20(15)9-7-19/h4-5,10,15-16,18H,3,6-9,11H2,1-2H3. The molecular formula is C16H24FN3. The Morgan fingerprint density at radius 2 is 2.05 bits per heavy atom. The number of piperazine rings is 3. The molecule has 0 amide bonds. The van der Waals surface area contributed by atoms with Gasteiger partial charge in [0.25, 0.3) is 0 Å². The first-order valence-corrected chi connectivity index (χ1v) is 7.65. The van der Waals surface area contributed by atoms with Gasteiger partial charge < -0.3 is 5.32 Å². The van der Waals surface area contributed by atoms with Crippen LogP contribution in [0.3, 0.4) is 0 Å². The van der Waals surface area contributed by atoms with Crippen molar-refractivity contribution in [3.8, 4) is 0 Å². The molecule has 1 aromatic rings. The Labute approximate surface area is 120 Å². The van der Waals surface area contributed by atoms with Gasteiger partial charge >= 0.3 is 0 Å². The topological polar surface area (TPSA) is 18.5 Å². The third-order valence-corrected chi connectivity index (χ3v) is 4.67. The van der Waals surface area contributed by atoms with Gasteiger partial charge in [-0.2, -0.15) is 0 Å². The lowest BCUT2D eigenvalue weighted by Crippen LogP contribution is -2.63. The van der Waals surface area contributed by atoms with E-state index in [-0.39, 0.29) is 5.82 Å². The molecule has 3 saturated heterocycles. The van der Waals surface area contributed by atoms with Gasteiger partial charge in [0.15, 0.2) is 0 Å². The van der Waals surface area contributed by atoms with E-state index in [1.54, 1.807) is 6.07 Å². The Kier molecular flexibility index (Phi) is 4.06. The lowest BCUT2D eigenvalue weighted by atomic mass is 9.93. The van der Waals surface area contributed by atoms with Crippen molar-refractivity contribution in [1.29, 1.82) is 0 Å². The molecule has 2 bridgehead atoms. The van der Waals surface area contributed by atoms with Crippen LogP contribution >= 0.6 is 0 Å². The second-order valence-electron chi connectivity index (χ2n) is 5.95. The fourth-order valence-corrected chi connectivity index (χ4v) is 3.53. The van der Waals surface area contributed by atoms with Crippen molar-refractivity contribution in [2.24, 2.45) is 0 Å². The maximum Gasteiger partial charge on any atom is 0.126 e. The molecule has 1 N–H and O–H groups in total. The van der Waals surface area contributed by atoms with E-state index in [2.05, 4.69) is 22.0 Å². The molecule has 110 valence electrons. The smallest absolute Gasteiger partial charge is 0.126 e. The number of aryl methyl sites for hydroxylation is 1. The lowest BCUT2D eigenvalue weighted by molar-refractivity contribution is -0.00344. The van der Waals surface area contributed by atoms with E-state index in [1.807, 2.05) is 19.1 Å². The molecule has 4 rings (SSSR count). The number of hydrogen-bond acceptors (Lipinski definition) is 3. The maximum absolute atomic E-state index is 13.5. The minimum Gasteiger partial charge on any atom is -0.309 e. The molecule has 3 heterocycles. The van der Waals surface area contributed by atoms with E-state index >= 15 is 0 Å². The molecular weight excluding hydrogens is 253 g/mol. The largest absolute Gasteiger partial charge is 0.309 e. The molecule has 1 aromatic carbocycles. The van der Waals surface area contributed by atoms with Crippen LogP contribution in [0.2, 0.25) is 0 Å². The highest BCUT2D eigenvalue weighted by atomic mass is 19.1. The predicted octanol–water partition coefficient (Wildman–Crippen LogP) is 1.78. The monoisotopic (exact) mass is 277 g/mol. The van der Waals surface area contributed by atoms with E-state index < -0.39 is 0 Å². The zero-order chi connectivity index (χ0) is 14.1. The van der Waals surface area contributed by atoms with Crippen molar-refractivity contribution >= 4 is 0 Å². The molecule has 2 atom stereocenters. The van der Waals surface area contributed by atoms with Crippen molar-refractivity contribution in [3.05, 3.63) is 35.1 Å². The van der Waals surface area contributed by atoms with Crippen LogP contribution in [0.5, 0.6) is 0 Å². The van der Waals surface area contributed by atoms with E-state index in [4.69, 9.17) is 0 Å². The molecule has 0 radical (unpaired) electrons. The molecule has 4 heteroatoms. The zero-order valence-electron chi connectivity index (χ0n) is 12.4. The van der Waals surface area contributed by atoms with Crippen molar-refractivity contribution in [2.75, 3.05) is 39.3 Å². The highest BCUT2D eigenvalue weighted by Gasteiger charge is 2.37. The van der Waals surface area contributed by atoms with Crippen LogP contribution in [0.4, 0.5) is 4.39 Å². The molecule has 0 aromatic heterocycles. The maximum atomic E-state index is 13.5. The van der Waals surface area contributed by atoms with Gasteiger partial charge in [-0.05, 0) is 30.7 Å². The molecule has 3 aliphatic rings. The average Bonchev–Trinajstić information content (AvgIpc) is 2.49. The van der Waals surface area contributed by atoms with Crippen LogP contribution in [-0.2, 0) is 0 Å². The number of halogens is 1. The van der Waals surface area contributed by atoms with E-state index in [0.29, 0.717) is 12.1 Å². The van der Waals surface area contributed by atoms with Gasteiger partial charge in [0, 0.05) is 44.8 Å². The first-order chi connectivity index (χ1) is 9.69. The summed E-state index contributed by atoms with van der Waals surface area (Å²) < 4.78 is 13.5. The third kappa shape index (κ3) is 2.60. The van der Waals surface area contributed by atoms with E-state index in [0.717, 1.165) is 31.7 Å². The fourth-order valence-electron chi connectivity index (χ4n) is 3.53. The highest BCUT2D eigenvalue weighted by molar-refractivity contribution is 5.28. The van der Waals surface area contributed by atoms with E-state index in [9.17, 15) is 4.39 Å². The summed E-state index contributed by atoms with van der Waals surface area (Å²) in [7, 11) is 0. The van der Waals surface area contributed by atoms with Gasteiger partial charge in [-0.3, -0.25) is 9.80 Å². The second-order valence-corrected chi connectivity index (χ2v) is 5.95. The minimum absolute atomic E-state index is 0.113. The first-order valence-electron chi connectivity index (χ1n) is 7.65. The quantitative estimate of drug-likeness (QED) is 0.905.